The van der Waals surface area contributed by atoms with E-state index in [2.05, 4.69) is 20.8 Å². The summed E-state index contributed by atoms with van der Waals surface area (Å²) in [4.78, 5) is 26.8. The highest BCUT2D eigenvalue weighted by Gasteiger charge is 2.31. The van der Waals surface area contributed by atoms with Crippen molar-refractivity contribution in [2.75, 3.05) is 32.7 Å². The van der Waals surface area contributed by atoms with Gasteiger partial charge in [-0.05, 0) is 43.8 Å². The fraction of sp³-hybridized carbons (Fsp3) is 0.526. The van der Waals surface area contributed by atoms with Crippen molar-refractivity contribution >= 4 is 35.1 Å². The first-order chi connectivity index (χ1) is 12.7. The van der Waals surface area contributed by atoms with Gasteiger partial charge in [0.15, 0.2) is 5.69 Å². The third-order valence-corrected chi connectivity index (χ3v) is 5.68. The molecular formula is C19H26ClN5O2. The van der Waals surface area contributed by atoms with Crippen molar-refractivity contribution in [2.45, 2.75) is 19.3 Å². The molecule has 1 aromatic heterocycles. The fourth-order valence-corrected chi connectivity index (χ4v) is 4.13. The summed E-state index contributed by atoms with van der Waals surface area (Å²) < 4.78 is 0. The topological polar surface area (TPSA) is 90.1 Å². The van der Waals surface area contributed by atoms with Crippen molar-refractivity contribution in [1.29, 1.82) is 0 Å². The summed E-state index contributed by atoms with van der Waals surface area (Å²) in [5, 5.41) is 14.0. The Hall–Kier alpha value is -2.12. The Labute approximate surface area is 164 Å². The van der Waals surface area contributed by atoms with Crippen LogP contribution in [0.5, 0.6) is 0 Å². The average Bonchev–Trinajstić information content (AvgIpc) is 3.24. The van der Waals surface area contributed by atoms with Crippen LogP contribution in [0.2, 0.25) is 0 Å². The number of benzene rings is 1. The summed E-state index contributed by atoms with van der Waals surface area (Å²) in [6.45, 7) is 4.17. The number of H-pyrrole nitrogens is 1. The number of hydrogen-bond donors (Lipinski definition) is 3. The molecule has 2 aromatic rings. The van der Waals surface area contributed by atoms with Crippen LogP contribution in [0.25, 0.3) is 10.9 Å². The van der Waals surface area contributed by atoms with E-state index in [-0.39, 0.29) is 24.2 Å². The second-order valence-corrected chi connectivity index (χ2v) is 7.26. The Morgan fingerprint density at radius 2 is 1.85 bits per heavy atom. The van der Waals surface area contributed by atoms with Gasteiger partial charge in [-0.2, -0.15) is 5.10 Å². The molecule has 27 heavy (non-hydrogen) atoms. The number of carbonyl (C=O) groups is 2. The molecule has 3 heterocycles. The first kappa shape index (κ1) is 19.6. The number of nitrogens with zero attached hydrogens (tertiary/aromatic N) is 2. The Morgan fingerprint density at radius 3 is 2.59 bits per heavy atom. The highest BCUT2D eigenvalue weighted by Crippen LogP contribution is 2.27. The minimum Gasteiger partial charge on any atom is -0.350 e. The standard InChI is InChI=1S/C19H25N5O2.ClH/c25-17(24-9-6-13-11-20-12-14(13)7-10-24)5-8-21-19(26)18-15-3-1-2-4-16(15)22-23-18;/h1-4,13-14,20H,5-12H2,(H,21,26)(H,22,23);1H/t13-,14+;. The van der Waals surface area contributed by atoms with E-state index >= 15 is 0 Å². The number of aromatic nitrogens is 2. The van der Waals surface area contributed by atoms with Crippen molar-refractivity contribution in [3.8, 4) is 0 Å². The molecule has 0 spiro atoms. The van der Waals surface area contributed by atoms with Crippen molar-refractivity contribution in [1.82, 2.24) is 25.7 Å². The number of likely N-dealkylation sites (tertiary alicyclic amines) is 1. The van der Waals surface area contributed by atoms with Crippen LogP contribution in [0, 0.1) is 11.8 Å². The minimum atomic E-state index is -0.244. The van der Waals surface area contributed by atoms with Crippen molar-refractivity contribution in [3.63, 3.8) is 0 Å². The fourth-order valence-electron chi connectivity index (χ4n) is 4.13. The van der Waals surface area contributed by atoms with Gasteiger partial charge in [0.1, 0.15) is 0 Å². The molecule has 2 aliphatic rings. The SMILES string of the molecule is Cl.O=C(NCCC(=O)N1CC[C@@H]2CNC[C@@H]2CC1)c1n[nH]c2ccccc12. The molecule has 3 N–H and O–H groups in total. The molecule has 146 valence electrons. The third-order valence-electron chi connectivity index (χ3n) is 5.68. The lowest BCUT2D eigenvalue weighted by Crippen LogP contribution is -2.35. The number of fused-ring (bicyclic) bond motifs is 2. The molecule has 2 aliphatic heterocycles. The average molecular weight is 392 g/mol. The van der Waals surface area contributed by atoms with Crippen LogP contribution in [0.15, 0.2) is 24.3 Å². The van der Waals surface area contributed by atoms with Crippen molar-refractivity contribution in [2.24, 2.45) is 11.8 Å². The van der Waals surface area contributed by atoms with E-state index in [0.29, 0.717) is 30.5 Å². The second-order valence-electron chi connectivity index (χ2n) is 7.26. The lowest BCUT2D eigenvalue weighted by Gasteiger charge is -2.21. The molecule has 2 saturated heterocycles. The number of rotatable bonds is 4. The minimum absolute atomic E-state index is 0. The molecule has 0 aliphatic carbocycles. The van der Waals surface area contributed by atoms with Crippen LogP contribution < -0.4 is 10.6 Å². The third kappa shape index (κ3) is 4.25. The van der Waals surface area contributed by atoms with E-state index in [0.717, 1.165) is 49.9 Å². The molecule has 2 fully saturated rings. The van der Waals surface area contributed by atoms with Gasteiger partial charge in [0.05, 0.1) is 5.52 Å². The van der Waals surface area contributed by atoms with Crippen LogP contribution in [-0.2, 0) is 4.79 Å². The van der Waals surface area contributed by atoms with Crippen molar-refractivity contribution in [3.05, 3.63) is 30.0 Å². The molecule has 2 amide bonds. The Kier molecular flexibility index (Phi) is 6.34. The molecule has 8 heteroatoms. The zero-order valence-corrected chi connectivity index (χ0v) is 16.1. The van der Waals surface area contributed by atoms with Gasteiger partial charge in [0, 0.05) is 31.4 Å². The molecule has 0 saturated carbocycles. The first-order valence-corrected chi connectivity index (χ1v) is 9.42. The number of nitrogens with one attached hydrogen (secondary N) is 3. The Balaban J connectivity index is 0.00000210. The highest BCUT2D eigenvalue weighted by molar-refractivity contribution is 6.04. The molecule has 1 aromatic carbocycles. The lowest BCUT2D eigenvalue weighted by atomic mass is 9.92. The van der Waals surface area contributed by atoms with Crippen LogP contribution in [0.1, 0.15) is 29.8 Å². The molecule has 0 radical (unpaired) electrons. The number of para-hydroxylation sites is 1. The van der Waals surface area contributed by atoms with Gasteiger partial charge in [-0.3, -0.25) is 14.7 Å². The van der Waals surface area contributed by atoms with E-state index in [1.807, 2.05) is 29.2 Å². The van der Waals surface area contributed by atoms with Gasteiger partial charge in [-0.25, -0.2) is 0 Å². The monoisotopic (exact) mass is 391 g/mol. The molecule has 4 rings (SSSR count). The van der Waals surface area contributed by atoms with Gasteiger partial charge in [0.25, 0.3) is 5.91 Å². The molecule has 7 nitrogen and oxygen atoms in total. The van der Waals surface area contributed by atoms with E-state index in [9.17, 15) is 9.59 Å². The van der Waals surface area contributed by atoms with Crippen LogP contribution >= 0.6 is 12.4 Å². The molecule has 0 unspecified atom stereocenters. The van der Waals surface area contributed by atoms with Gasteiger partial charge < -0.3 is 15.5 Å². The summed E-state index contributed by atoms with van der Waals surface area (Å²) in [5.41, 5.74) is 1.21. The van der Waals surface area contributed by atoms with Crippen LogP contribution in [0.4, 0.5) is 0 Å². The van der Waals surface area contributed by atoms with E-state index < -0.39 is 0 Å². The summed E-state index contributed by atoms with van der Waals surface area (Å²) in [5.74, 6) is 1.30. The largest absolute Gasteiger partial charge is 0.350 e. The predicted octanol–water partition coefficient (Wildman–Crippen LogP) is 1.56. The smallest absolute Gasteiger partial charge is 0.272 e. The maximum absolute atomic E-state index is 12.5. The van der Waals surface area contributed by atoms with E-state index in [1.54, 1.807) is 0 Å². The lowest BCUT2D eigenvalue weighted by molar-refractivity contribution is -0.131. The normalized spacial score (nSPS) is 22.0. The molecular weight excluding hydrogens is 366 g/mol. The molecule has 0 bridgehead atoms. The number of hydrogen-bond acceptors (Lipinski definition) is 4. The maximum atomic E-state index is 12.5. The quantitative estimate of drug-likeness (QED) is 0.737. The Bertz CT molecular complexity index is 794. The predicted molar refractivity (Wildman–Crippen MR) is 106 cm³/mol. The molecule has 2 atom stereocenters. The Morgan fingerprint density at radius 1 is 1.15 bits per heavy atom. The zero-order chi connectivity index (χ0) is 17.9. The number of halogens is 1. The number of carbonyl (C=O) groups excluding carboxylic acids is 2. The highest BCUT2D eigenvalue weighted by atomic mass is 35.5. The van der Waals surface area contributed by atoms with E-state index in [4.69, 9.17) is 0 Å². The van der Waals surface area contributed by atoms with Crippen LogP contribution in [-0.4, -0.2) is 59.6 Å². The number of amides is 2. The maximum Gasteiger partial charge on any atom is 0.272 e. The van der Waals surface area contributed by atoms with Gasteiger partial charge in [-0.15, -0.1) is 12.4 Å². The van der Waals surface area contributed by atoms with E-state index in [1.165, 1.54) is 0 Å². The zero-order valence-electron chi connectivity index (χ0n) is 15.2. The summed E-state index contributed by atoms with van der Waals surface area (Å²) in [7, 11) is 0. The van der Waals surface area contributed by atoms with Gasteiger partial charge >= 0.3 is 0 Å². The van der Waals surface area contributed by atoms with Gasteiger partial charge in [-0.1, -0.05) is 18.2 Å². The first-order valence-electron chi connectivity index (χ1n) is 9.42. The summed E-state index contributed by atoms with van der Waals surface area (Å²) >= 11 is 0. The van der Waals surface area contributed by atoms with Crippen LogP contribution in [0.3, 0.4) is 0 Å². The number of aromatic amines is 1. The summed E-state index contributed by atoms with van der Waals surface area (Å²) in [6, 6.07) is 7.52. The van der Waals surface area contributed by atoms with Crippen molar-refractivity contribution < 1.29 is 9.59 Å². The van der Waals surface area contributed by atoms with Gasteiger partial charge in [0.2, 0.25) is 5.91 Å². The second kappa shape index (κ2) is 8.71. The summed E-state index contributed by atoms with van der Waals surface area (Å²) in [6.07, 6.45) is 2.49.